The van der Waals surface area contributed by atoms with Gasteiger partial charge in [-0.15, -0.1) is 0 Å². The molecule has 1 N–H and O–H groups in total. The number of nitrogens with one attached hydrogen (secondary N) is 1. The number of nitrogens with zero attached hydrogens (tertiary/aromatic N) is 2. The first-order chi connectivity index (χ1) is 9.07. The summed E-state index contributed by atoms with van der Waals surface area (Å²) in [5.74, 6) is 1.03. The van der Waals surface area contributed by atoms with Crippen LogP contribution in [0.3, 0.4) is 0 Å². The van der Waals surface area contributed by atoms with E-state index in [2.05, 4.69) is 11.4 Å². The van der Waals surface area contributed by atoms with Crippen molar-refractivity contribution in [1.29, 1.82) is 5.26 Å². The third-order valence-electron chi connectivity index (χ3n) is 5.04. The molecule has 0 spiro atoms. The van der Waals surface area contributed by atoms with Gasteiger partial charge in [-0.3, -0.25) is 9.69 Å². The van der Waals surface area contributed by atoms with E-state index in [9.17, 15) is 10.1 Å². The quantitative estimate of drug-likeness (QED) is 0.843. The molecule has 2 saturated carbocycles. The van der Waals surface area contributed by atoms with Crippen molar-refractivity contribution in [3.63, 3.8) is 0 Å². The van der Waals surface area contributed by atoms with Gasteiger partial charge in [0.1, 0.15) is 5.54 Å². The molecule has 0 aromatic rings. The molecule has 0 aromatic heterocycles. The third-order valence-corrected chi connectivity index (χ3v) is 5.04. The molecule has 0 aromatic carbocycles. The van der Waals surface area contributed by atoms with Gasteiger partial charge in [0.05, 0.1) is 6.07 Å². The molecule has 2 aliphatic carbocycles. The summed E-state index contributed by atoms with van der Waals surface area (Å²) in [6.07, 6.45) is 7.13. The highest BCUT2D eigenvalue weighted by molar-refractivity contribution is 5.78. The van der Waals surface area contributed by atoms with Crippen LogP contribution in [-0.4, -0.2) is 37.0 Å². The molecule has 0 aliphatic heterocycles. The first-order valence-electron chi connectivity index (χ1n) is 7.44. The molecule has 2 rings (SSSR count). The molecule has 2 aliphatic rings. The van der Waals surface area contributed by atoms with Crippen LogP contribution in [0.2, 0.25) is 0 Å². The second kappa shape index (κ2) is 5.92. The fraction of sp³-hybridized carbons (Fsp3) is 0.867. The van der Waals surface area contributed by atoms with Crippen molar-refractivity contribution in [3.05, 3.63) is 0 Å². The zero-order chi connectivity index (χ0) is 13.9. The Bertz CT molecular complexity index is 360. The molecule has 0 saturated heterocycles. The summed E-state index contributed by atoms with van der Waals surface area (Å²) in [4.78, 5) is 14.1. The van der Waals surface area contributed by atoms with Gasteiger partial charge in [-0.1, -0.05) is 6.42 Å². The van der Waals surface area contributed by atoms with E-state index in [4.69, 9.17) is 0 Å². The maximum absolute atomic E-state index is 12.1. The number of amides is 1. The fourth-order valence-corrected chi connectivity index (χ4v) is 3.10. The maximum Gasteiger partial charge on any atom is 0.223 e. The van der Waals surface area contributed by atoms with E-state index in [-0.39, 0.29) is 17.4 Å². The van der Waals surface area contributed by atoms with Crippen LogP contribution >= 0.6 is 0 Å². The summed E-state index contributed by atoms with van der Waals surface area (Å²) in [5.41, 5.74) is -0.356. The Morgan fingerprint density at radius 3 is 2.37 bits per heavy atom. The molecule has 0 atom stereocenters. The molecule has 0 heterocycles. The smallest absolute Gasteiger partial charge is 0.223 e. The molecule has 0 unspecified atom stereocenters. The molecule has 106 valence electrons. The highest BCUT2D eigenvalue weighted by Gasteiger charge is 2.39. The molecule has 19 heavy (non-hydrogen) atoms. The summed E-state index contributed by atoms with van der Waals surface area (Å²) < 4.78 is 0. The van der Waals surface area contributed by atoms with Crippen molar-refractivity contribution in [3.8, 4) is 6.07 Å². The predicted octanol–water partition coefficient (Wildman–Crippen LogP) is 1.92. The number of nitriles is 1. The standard InChI is InChI=1S/C15H25N3O/c1-18(2)15(11-16)8-6-13(7-9-15)14(19)17-10-12-4-3-5-12/h12-13H,3-10H2,1-2H3,(H,17,19). The van der Waals surface area contributed by atoms with Gasteiger partial charge in [-0.25, -0.2) is 0 Å². The lowest BCUT2D eigenvalue weighted by molar-refractivity contribution is -0.126. The van der Waals surface area contributed by atoms with Gasteiger partial charge in [-0.2, -0.15) is 5.26 Å². The molecule has 4 nitrogen and oxygen atoms in total. The van der Waals surface area contributed by atoms with Crippen LogP contribution in [0.5, 0.6) is 0 Å². The summed E-state index contributed by atoms with van der Waals surface area (Å²) in [7, 11) is 3.92. The Hall–Kier alpha value is -1.08. The molecular formula is C15H25N3O. The summed E-state index contributed by atoms with van der Waals surface area (Å²) >= 11 is 0. The van der Waals surface area contributed by atoms with Crippen LogP contribution in [0.4, 0.5) is 0 Å². The Kier molecular flexibility index (Phi) is 4.46. The van der Waals surface area contributed by atoms with Crippen LogP contribution in [0, 0.1) is 23.2 Å². The summed E-state index contributed by atoms with van der Waals surface area (Å²) in [5, 5.41) is 12.5. The van der Waals surface area contributed by atoms with Gasteiger partial charge in [0.2, 0.25) is 5.91 Å². The van der Waals surface area contributed by atoms with Crippen molar-refractivity contribution < 1.29 is 4.79 Å². The molecule has 1 amide bonds. The Labute approximate surface area is 116 Å². The zero-order valence-electron chi connectivity index (χ0n) is 12.1. The molecular weight excluding hydrogens is 238 g/mol. The summed E-state index contributed by atoms with van der Waals surface area (Å²) in [6, 6.07) is 2.44. The average Bonchev–Trinajstić information content (AvgIpc) is 2.36. The lowest BCUT2D eigenvalue weighted by Gasteiger charge is -2.39. The van der Waals surface area contributed by atoms with Crippen LogP contribution < -0.4 is 5.32 Å². The molecule has 2 fully saturated rings. The normalized spacial score (nSPS) is 31.6. The van der Waals surface area contributed by atoms with Gasteiger partial charge in [0.25, 0.3) is 0 Å². The predicted molar refractivity (Wildman–Crippen MR) is 74.3 cm³/mol. The van der Waals surface area contributed by atoms with Crippen molar-refractivity contribution >= 4 is 5.91 Å². The Morgan fingerprint density at radius 2 is 1.95 bits per heavy atom. The monoisotopic (exact) mass is 263 g/mol. The second-order valence-electron chi connectivity index (χ2n) is 6.35. The van der Waals surface area contributed by atoms with E-state index >= 15 is 0 Å². The van der Waals surface area contributed by atoms with Gasteiger partial charge in [-0.05, 0) is 58.5 Å². The number of hydrogen-bond donors (Lipinski definition) is 1. The molecule has 0 radical (unpaired) electrons. The number of rotatable bonds is 4. The summed E-state index contributed by atoms with van der Waals surface area (Å²) in [6.45, 7) is 0.854. The Morgan fingerprint density at radius 1 is 1.32 bits per heavy atom. The van der Waals surface area contributed by atoms with Gasteiger partial charge >= 0.3 is 0 Å². The third kappa shape index (κ3) is 3.09. The molecule has 4 heteroatoms. The van der Waals surface area contributed by atoms with E-state index in [0.29, 0.717) is 5.92 Å². The SMILES string of the molecule is CN(C)C1(C#N)CCC(C(=O)NCC2CCC2)CC1. The van der Waals surface area contributed by atoms with Crippen molar-refractivity contribution in [2.75, 3.05) is 20.6 Å². The van der Waals surface area contributed by atoms with Crippen molar-refractivity contribution in [2.24, 2.45) is 11.8 Å². The van der Waals surface area contributed by atoms with Crippen LogP contribution in [-0.2, 0) is 4.79 Å². The fourth-order valence-electron chi connectivity index (χ4n) is 3.10. The van der Waals surface area contributed by atoms with Crippen molar-refractivity contribution in [2.45, 2.75) is 50.5 Å². The van der Waals surface area contributed by atoms with E-state index in [1.54, 1.807) is 0 Å². The van der Waals surface area contributed by atoms with Crippen molar-refractivity contribution in [1.82, 2.24) is 10.2 Å². The molecule has 0 bridgehead atoms. The minimum atomic E-state index is -0.356. The topological polar surface area (TPSA) is 56.1 Å². The largest absolute Gasteiger partial charge is 0.356 e. The maximum atomic E-state index is 12.1. The van der Waals surface area contributed by atoms with E-state index in [1.807, 2.05) is 19.0 Å². The average molecular weight is 263 g/mol. The van der Waals surface area contributed by atoms with Gasteiger partial charge < -0.3 is 5.32 Å². The van der Waals surface area contributed by atoms with E-state index in [0.717, 1.165) is 32.2 Å². The van der Waals surface area contributed by atoms with Crippen LogP contribution in [0.25, 0.3) is 0 Å². The Balaban J connectivity index is 1.78. The van der Waals surface area contributed by atoms with Crippen LogP contribution in [0.15, 0.2) is 0 Å². The highest BCUT2D eigenvalue weighted by Crippen LogP contribution is 2.35. The number of carbonyl (C=O) groups is 1. The second-order valence-corrected chi connectivity index (χ2v) is 6.35. The van der Waals surface area contributed by atoms with Crippen LogP contribution in [0.1, 0.15) is 44.9 Å². The van der Waals surface area contributed by atoms with E-state index in [1.165, 1.54) is 19.3 Å². The first-order valence-corrected chi connectivity index (χ1v) is 7.44. The number of hydrogen-bond acceptors (Lipinski definition) is 3. The van der Waals surface area contributed by atoms with Gasteiger partial charge in [0, 0.05) is 12.5 Å². The lowest BCUT2D eigenvalue weighted by atomic mass is 9.76. The van der Waals surface area contributed by atoms with E-state index < -0.39 is 0 Å². The zero-order valence-corrected chi connectivity index (χ0v) is 12.1. The minimum absolute atomic E-state index is 0.113. The number of carbonyl (C=O) groups excluding carboxylic acids is 1. The first kappa shape index (κ1) is 14.3. The lowest BCUT2D eigenvalue weighted by Crippen LogP contribution is -2.48. The minimum Gasteiger partial charge on any atom is -0.356 e. The van der Waals surface area contributed by atoms with Gasteiger partial charge in [0.15, 0.2) is 0 Å². The highest BCUT2D eigenvalue weighted by atomic mass is 16.1.